The maximum atomic E-state index is 12.7. The van der Waals surface area contributed by atoms with Gasteiger partial charge < -0.3 is 19.7 Å². The zero-order chi connectivity index (χ0) is 20.4. The summed E-state index contributed by atoms with van der Waals surface area (Å²) in [6.45, 7) is 9.68. The molecule has 0 aromatic carbocycles. The van der Waals surface area contributed by atoms with Crippen LogP contribution in [0, 0.1) is 5.92 Å². The molecule has 7 heteroatoms. The highest BCUT2D eigenvalue weighted by molar-refractivity contribution is 5.88. The second-order valence-electron chi connectivity index (χ2n) is 7.65. The second-order valence-corrected chi connectivity index (χ2v) is 7.65. The van der Waals surface area contributed by atoms with E-state index in [2.05, 4.69) is 4.90 Å². The normalized spacial score (nSPS) is 26.4. The molecule has 0 spiro atoms. The van der Waals surface area contributed by atoms with E-state index >= 15 is 0 Å². The second kappa shape index (κ2) is 8.54. The van der Waals surface area contributed by atoms with Gasteiger partial charge in [-0.1, -0.05) is 26.0 Å². The molecular formula is C20H31NO6. The summed E-state index contributed by atoms with van der Waals surface area (Å²) >= 11 is 0. The third kappa shape index (κ3) is 4.25. The van der Waals surface area contributed by atoms with Crippen molar-refractivity contribution in [2.45, 2.75) is 64.9 Å². The first-order valence-corrected chi connectivity index (χ1v) is 9.47. The molecule has 4 unspecified atom stereocenters. The molecule has 2 N–H and O–H groups in total. The minimum absolute atomic E-state index is 0.000642. The zero-order valence-corrected chi connectivity index (χ0v) is 16.8. The molecule has 0 bridgehead atoms. The molecular weight excluding hydrogens is 350 g/mol. The van der Waals surface area contributed by atoms with Crippen LogP contribution in [0.1, 0.15) is 41.0 Å². The van der Waals surface area contributed by atoms with Crippen LogP contribution >= 0.6 is 0 Å². The number of hydrogen-bond acceptors (Lipinski definition) is 7. The molecule has 2 rings (SSSR count). The van der Waals surface area contributed by atoms with Crippen LogP contribution in [0.15, 0.2) is 23.3 Å². The fourth-order valence-electron chi connectivity index (χ4n) is 3.62. The number of carbonyl (C=O) groups excluding carboxylic acids is 2. The van der Waals surface area contributed by atoms with Gasteiger partial charge in [-0.2, -0.15) is 0 Å². The third-order valence-corrected chi connectivity index (χ3v) is 5.67. The van der Waals surface area contributed by atoms with Gasteiger partial charge in [-0.25, -0.2) is 9.59 Å². The number of aliphatic hydroxyl groups is 2. The number of allylic oxidation sites excluding steroid dienone is 1. The maximum Gasteiger partial charge on any atom is 0.342 e. The molecule has 7 nitrogen and oxygen atoms in total. The number of hydrogen-bond donors (Lipinski definition) is 2. The Morgan fingerprint density at radius 3 is 2.67 bits per heavy atom. The fourth-order valence-corrected chi connectivity index (χ4v) is 3.62. The SMILES string of the molecule is CC=C(C)C(=O)OC(C)C(O)(C(=O)OCC1=CCN2CCC(O)C12)C(C)C. The van der Waals surface area contributed by atoms with E-state index in [1.165, 1.54) is 6.92 Å². The van der Waals surface area contributed by atoms with Crippen molar-refractivity contribution in [3.8, 4) is 0 Å². The first-order chi connectivity index (χ1) is 12.6. The molecule has 2 heterocycles. The number of carbonyl (C=O) groups is 2. The highest BCUT2D eigenvalue weighted by Crippen LogP contribution is 2.31. The molecule has 1 saturated heterocycles. The van der Waals surface area contributed by atoms with E-state index in [9.17, 15) is 19.8 Å². The highest BCUT2D eigenvalue weighted by atomic mass is 16.6. The summed E-state index contributed by atoms with van der Waals surface area (Å²) in [6.07, 6.45) is 2.72. The average molecular weight is 381 g/mol. The van der Waals surface area contributed by atoms with Crippen LogP contribution < -0.4 is 0 Å². The van der Waals surface area contributed by atoms with Crippen molar-refractivity contribution in [1.82, 2.24) is 4.90 Å². The standard InChI is InChI=1S/C20H31NO6/c1-6-13(4)18(23)27-14(5)20(25,12(2)3)19(24)26-11-15-7-9-21-10-8-16(22)17(15)21/h6-7,12,14,16-17,22,25H,8-11H2,1-5H3. The molecule has 0 aromatic heterocycles. The topological polar surface area (TPSA) is 96.3 Å². The summed E-state index contributed by atoms with van der Waals surface area (Å²) in [5.41, 5.74) is -0.724. The minimum atomic E-state index is -1.96. The van der Waals surface area contributed by atoms with Crippen LogP contribution in [-0.4, -0.2) is 70.6 Å². The minimum Gasteiger partial charge on any atom is -0.459 e. The molecule has 27 heavy (non-hydrogen) atoms. The predicted octanol–water partition coefficient (Wildman–Crippen LogP) is 1.19. The van der Waals surface area contributed by atoms with Gasteiger partial charge in [0.2, 0.25) is 5.60 Å². The number of esters is 2. The van der Waals surface area contributed by atoms with Gasteiger partial charge in [0.15, 0.2) is 0 Å². The van der Waals surface area contributed by atoms with Gasteiger partial charge in [-0.3, -0.25) is 4.90 Å². The van der Waals surface area contributed by atoms with Crippen molar-refractivity contribution in [2.75, 3.05) is 19.7 Å². The number of rotatable bonds is 7. The number of ether oxygens (including phenoxy) is 2. The molecule has 152 valence electrons. The Labute approximate surface area is 160 Å². The Kier molecular flexibility index (Phi) is 6.83. The first kappa shape index (κ1) is 21.6. The van der Waals surface area contributed by atoms with Gasteiger partial charge in [-0.05, 0) is 38.7 Å². The van der Waals surface area contributed by atoms with E-state index in [0.29, 0.717) is 12.0 Å². The number of fused-ring (bicyclic) bond motifs is 1. The van der Waals surface area contributed by atoms with E-state index < -0.39 is 35.7 Å². The molecule has 2 aliphatic heterocycles. The van der Waals surface area contributed by atoms with Gasteiger partial charge in [0, 0.05) is 18.7 Å². The monoisotopic (exact) mass is 381 g/mol. The van der Waals surface area contributed by atoms with Crippen molar-refractivity contribution in [2.24, 2.45) is 5.92 Å². The fraction of sp³-hybridized carbons (Fsp3) is 0.700. The summed E-state index contributed by atoms with van der Waals surface area (Å²) < 4.78 is 10.7. The van der Waals surface area contributed by atoms with E-state index in [1.54, 1.807) is 33.8 Å². The van der Waals surface area contributed by atoms with E-state index in [-0.39, 0.29) is 12.6 Å². The lowest BCUT2D eigenvalue weighted by Crippen LogP contribution is -2.55. The Hall–Kier alpha value is -1.70. The van der Waals surface area contributed by atoms with Crippen LogP contribution in [0.3, 0.4) is 0 Å². The summed E-state index contributed by atoms with van der Waals surface area (Å²) in [6, 6.07) is -0.127. The maximum absolute atomic E-state index is 12.7. The summed E-state index contributed by atoms with van der Waals surface area (Å²) in [5.74, 6) is -1.94. The van der Waals surface area contributed by atoms with Gasteiger partial charge >= 0.3 is 11.9 Å². The van der Waals surface area contributed by atoms with Crippen molar-refractivity contribution in [3.63, 3.8) is 0 Å². The molecule has 1 fully saturated rings. The first-order valence-electron chi connectivity index (χ1n) is 9.47. The van der Waals surface area contributed by atoms with Crippen molar-refractivity contribution < 1.29 is 29.3 Å². The third-order valence-electron chi connectivity index (χ3n) is 5.67. The average Bonchev–Trinajstić information content (AvgIpc) is 3.20. The van der Waals surface area contributed by atoms with Crippen molar-refractivity contribution in [1.29, 1.82) is 0 Å². The molecule has 0 aliphatic carbocycles. The number of aliphatic hydroxyl groups excluding tert-OH is 1. The lowest BCUT2D eigenvalue weighted by atomic mass is 9.85. The van der Waals surface area contributed by atoms with Crippen LogP contribution in [0.25, 0.3) is 0 Å². The van der Waals surface area contributed by atoms with Crippen LogP contribution in [0.4, 0.5) is 0 Å². The summed E-state index contributed by atoms with van der Waals surface area (Å²) in [7, 11) is 0. The Bertz CT molecular complexity index is 640. The van der Waals surface area contributed by atoms with Crippen LogP contribution in [0.2, 0.25) is 0 Å². The predicted molar refractivity (Wildman–Crippen MR) is 99.8 cm³/mol. The molecule has 0 amide bonds. The van der Waals surface area contributed by atoms with Gasteiger partial charge in [-0.15, -0.1) is 0 Å². The Balaban J connectivity index is 2.04. The van der Waals surface area contributed by atoms with Gasteiger partial charge in [0.1, 0.15) is 12.7 Å². The molecule has 2 aliphatic rings. The molecule has 0 radical (unpaired) electrons. The van der Waals surface area contributed by atoms with Gasteiger partial charge in [0.05, 0.1) is 12.1 Å². The lowest BCUT2D eigenvalue weighted by molar-refractivity contribution is -0.191. The van der Waals surface area contributed by atoms with Crippen molar-refractivity contribution >= 4 is 11.9 Å². The van der Waals surface area contributed by atoms with Crippen LogP contribution in [0.5, 0.6) is 0 Å². The van der Waals surface area contributed by atoms with Gasteiger partial charge in [0.25, 0.3) is 0 Å². The van der Waals surface area contributed by atoms with E-state index in [4.69, 9.17) is 9.47 Å². The quantitative estimate of drug-likeness (QED) is 0.388. The molecule has 0 aromatic rings. The highest BCUT2D eigenvalue weighted by Gasteiger charge is 2.49. The lowest BCUT2D eigenvalue weighted by Gasteiger charge is -2.34. The number of nitrogens with zero attached hydrogens (tertiary/aromatic N) is 1. The Morgan fingerprint density at radius 1 is 1.41 bits per heavy atom. The summed E-state index contributed by atoms with van der Waals surface area (Å²) in [4.78, 5) is 26.9. The summed E-state index contributed by atoms with van der Waals surface area (Å²) in [5, 5.41) is 21.1. The van der Waals surface area contributed by atoms with E-state index in [0.717, 1.165) is 18.7 Å². The largest absolute Gasteiger partial charge is 0.459 e. The smallest absolute Gasteiger partial charge is 0.342 e. The van der Waals surface area contributed by atoms with Crippen molar-refractivity contribution in [3.05, 3.63) is 23.3 Å². The Morgan fingerprint density at radius 2 is 2.07 bits per heavy atom. The van der Waals surface area contributed by atoms with E-state index in [1.807, 2.05) is 6.08 Å². The molecule has 4 atom stereocenters. The van der Waals surface area contributed by atoms with Crippen LogP contribution in [-0.2, 0) is 19.1 Å². The zero-order valence-electron chi connectivity index (χ0n) is 16.8. The molecule has 0 saturated carbocycles.